The third-order valence-electron chi connectivity index (χ3n) is 3.49. The molecule has 0 radical (unpaired) electrons. The second-order valence-corrected chi connectivity index (χ2v) is 5.32. The van der Waals surface area contributed by atoms with Crippen molar-refractivity contribution in [2.45, 2.75) is 33.4 Å². The molecular formula is C17H22N2. The Bertz CT molecular complexity index is 506. The third kappa shape index (κ3) is 3.65. The zero-order valence-electron chi connectivity index (χ0n) is 11.9. The number of pyridine rings is 1. The molecule has 1 aromatic heterocycles. The molecule has 2 rings (SSSR count). The van der Waals surface area contributed by atoms with Gasteiger partial charge in [-0.2, -0.15) is 0 Å². The van der Waals surface area contributed by atoms with E-state index in [0.717, 1.165) is 6.54 Å². The molecule has 0 amide bonds. The Morgan fingerprint density at radius 2 is 1.84 bits per heavy atom. The monoisotopic (exact) mass is 254 g/mol. The summed E-state index contributed by atoms with van der Waals surface area (Å²) in [5, 5.41) is 3.65. The third-order valence-corrected chi connectivity index (χ3v) is 3.49. The van der Waals surface area contributed by atoms with Gasteiger partial charge in [0.1, 0.15) is 0 Å². The first-order valence-electron chi connectivity index (χ1n) is 6.86. The van der Waals surface area contributed by atoms with Crippen LogP contribution < -0.4 is 5.32 Å². The van der Waals surface area contributed by atoms with E-state index >= 15 is 0 Å². The highest BCUT2D eigenvalue weighted by molar-refractivity contribution is 5.23. The van der Waals surface area contributed by atoms with Gasteiger partial charge in [-0.25, -0.2) is 0 Å². The van der Waals surface area contributed by atoms with E-state index in [4.69, 9.17) is 0 Å². The van der Waals surface area contributed by atoms with Crippen molar-refractivity contribution in [2.24, 2.45) is 5.92 Å². The Labute approximate surface area is 115 Å². The molecular weight excluding hydrogens is 232 g/mol. The zero-order chi connectivity index (χ0) is 13.7. The molecule has 1 unspecified atom stereocenters. The average molecular weight is 254 g/mol. The topological polar surface area (TPSA) is 24.9 Å². The van der Waals surface area contributed by atoms with Crippen LogP contribution in [0.1, 0.15) is 36.6 Å². The van der Waals surface area contributed by atoms with E-state index in [1.165, 1.54) is 16.7 Å². The maximum atomic E-state index is 4.20. The summed E-state index contributed by atoms with van der Waals surface area (Å²) in [6.45, 7) is 7.49. The maximum Gasteiger partial charge on any atom is 0.0346 e. The van der Waals surface area contributed by atoms with Crippen LogP contribution >= 0.6 is 0 Å². The number of hydrogen-bond donors (Lipinski definition) is 1. The Balaban J connectivity index is 2.09. The molecule has 1 aromatic carbocycles. The molecule has 0 aliphatic carbocycles. The first-order valence-corrected chi connectivity index (χ1v) is 6.86. The van der Waals surface area contributed by atoms with E-state index in [2.05, 4.69) is 67.5 Å². The fraction of sp³-hybridized carbons (Fsp3) is 0.353. The molecule has 100 valence electrons. The number of nitrogens with one attached hydrogen (secondary N) is 1. The van der Waals surface area contributed by atoms with Crippen LogP contribution in [0.5, 0.6) is 0 Å². The molecule has 1 atom stereocenters. The minimum Gasteiger partial charge on any atom is -0.306 e. The quantitative estimate of drug-likeness (QED) is 0.876. The first kappa shape index (κ1) is 13.8. The molecule has 2 heteroatoms. The highest BCUT2D eigenvalue weighted by Gasteiger charge is 2.14. The van der Waals surface area contributed by atoms with E-state index in [0.29, 0.717) is 12.0 Å². The van der Waals surface area contributed by atoms with E-state index in [9.17, 15) is 0 Å². The lowest BCUT2D eigenvalue weighted by atomic mass is 9.95. The molecule has 0 fully saturated rings. The lowest BCUT2D eigenvalue weighted by Gasteiger charge is -2.23. The van der Waals surface area contributed by atoms with Crippen LogP contribution in [0.3, 0.4) is 0 Å². The highest BCUT2D eigenvalue weighted by atomic mass is 14.9. The molecule has 0 aliphatic rings. The normalized spacial score (nSPS) is 12.6. The highest BCUT2D eigenvalue weighted by Crippen LogP contribution is 2.22. The average Bonchev–Trinajstić information content (AvgIpc) is 2.42. The van der Waals surface area contributed by atoms with E-state index in [-0.39, 0.29) is 0 Å². The van der Waals surface area contributed by atoms with Crippen LogP contribution in [0, 0.1) is 12.8 Å². The Hall–Kier alpha value is -1.67. The van der Waals surface area contributed by atoms with Crippen molar-refractivity contribution in [2.75, 3.05) is 0 Å². The predicted molar refractivity (Wildman–Crippen MR) is 79.8 cm³/mol. The van der Waals surface area contributed by atoms with Gasteiger partial charge in [0.05, 0.1) is 0 Å². The second-order valence-electron chi connectivity index (χ2n) is 5.32. The van der Waals surface area contributed by atoms with Crippen molar-refractivity contribution in [3.05, 3.63) is 65.5 Å². The summed E-state index contributed by atoms with van der Waals surface area (Å²) >= 11 is 0. The molecule has 0 saturated heterocycles. The van der Waals surface area contributed by atoms with Crippen molar-refractivity contribution in [1.29, 1.82) is 0 Å². The summed E-state index contributed by atoms with van der Waals surface area (Å²) in [5.41, 5.74) is 3.90. The molecule has 0 bridgehead atoms. The largest absolute Gasteiger partial charge is 0.306 e. The molecule has 0 spiro atoms. The van der Waals surface area contributed by atoms with Gasteiger partial charge < -0.3 is 5.32 Å². The Morgan fingerprint density at radius 1 is 1.11 bits per heavy atom. The fourth-order valence-corrected chi connectivity index (χ4v) is 2.30. The SMILES string of the molecule is Cc1ccncc1CNC(c1ccccc1)C(C)C. The molecule has 1 heterocycles. The molecule has 0 aliphatic heterocycles. The first-order chi connectivity index (χ1) is 9.18. The smallest absolute Gasteiger partial charge is 0.0346 e. The maximum absolute atomic E-state index is 4.20. The van der Waals surface area contributed by atoms with Gasteiger partial charge in [0.25, 0.3) is 0 Å². The Morgan fingerprint density at radius 3 is 2.47 bits per heavy atom. The van der Waals surface area contributed by atoms with Gasteiger partial charge in [-0.15, -0.1) is 0 Å². The Kier molecular flexibility index (Phi) is 4.69. The molecule has 1 N–H and O–H groups in total. The lowest BCUT2D eigenvalue weighted by molar-refractivity contribution is 0.410. The van der Waals surface area contributed by atoms with Crippen LogP contribution in [0.2, 0.25) is 0 Å². The summed E-state index contributed by atoms with van der Waals surface area (Å²) in [6.07, 6.45) is 3.79. The molecule has 19 heavy (non-hydrogen) atoms. The molecule has 0 saturated carbocycles. The van der Waals surface area contributed by atoms with Gasteiger partial charge in [0, 0.05) is 25.0 Å². The van der Waals surface area contributed by atoms with E-state index in [1.54, 1.807) is 0 Å². The minimum absolute atomic E-state index is 0.376. The number of benzene rings is 1. The van der Waals surface area contributed by atoms with Crippen molar-refractivity contribution < 1.29 is 0 Å². The zero-order valence-corrected chi connectivity index (χ0v) is 11.9. The standard InChI is InChI=1S/C17H22N2/c1-13(2)17(15-7-5-4-6-8-15)19-12-16-11-18-10-9-14(16)3/h4-11,13,17,19H,12H2,1-3H3. The van der Waals surface area contributed by atoms with Crippen LogP contribution in [0.15, 0.2) is 48.8 Å². The van der Waals surface area contributed by atoms with Gasteiger partial charge in [0.2, 0.25) is 0 Å². The summed E-state index contributed by atoms with van der Waals surface area (Å²) < 4.78 is 0. The van der Waals surface area contributed by atoms with E-state index in [1.807, 2.05) is 12.4 Å². The van der Waals surface area contributed by atoms with Crippen LogP contribution in [0.4, 0.5) is 0 Å². The summed E-state index contributed by atoms with van der Waals surface area (Å²) in [4.78, 5) is 4.20. The van der Waals surface area contributed by atoms with Crippen LogP contribution in [0.25, 0.3) is 0 Å². The lowest BCUT2D eigenvalue weighted by Crippen LogP contribution is -2.25. The molecule has 2 nitrogen and oxygen atoms in total. The van der Waals surface area contributed by atoms with Crippen molar-refractivity contribution in [3.8, 4) is 0 Å². The van der Waals surface area contributed by atoms with Crippen molar-refractivity contribution in [3.63, 3.8) is 0 Å². The van der Waals surface area contributed by atoms with Crippen molar-refractivity contribution >= 4 is 0 Å². The van der Waals surface area contributed by atoms with Gasteiger partial charge in [-0.1, -0.05) is 44.2 Å². The number of rotatable bonds is 5. The second kappa shape index (κ2) is 6.48. The predicted octanol–water partition coefficient (Wildman–Crippen LogP) is 3.88. The number of aryl methyl sites for hydroxylation is 1. The van der Waals surface area contributed by atoms with Gasteiger partial charge in [-0.3, -0.25) is 4.98 Å². The molecule has 2 aromatic rings. The van der Waals surface area contributed by atoms with E-state index < -0.39 is 0 Å². The van der Waals surface area contributed by atoms with Crippen LogP contribution in [-0.2, 0) is 6.54 Å². The number of hydrogen-bond acceptors (Lipinski definition) is 2. The van der Waals surface area contributed by atoms with Gasteiger partial charge >= 0.3 is 0 Å². The number of aromatic nitrogens is 1. The summed E-state index contributed by atoms with van der Waals surface area (Å²) in [7, 11) is 0. The summed E-state index contributed by atoms with van der Waals surface area (Å²) in [6, 6.07) is 13.1. The van der Waals surface area contributed by atoms with Crippen molar-refractivity contribution in [1.82, 2.24) is 10.3 Å². The van der Waals surface area contributed by atoms with Gasteiger partial charge in [0.15, 0.2) is 0 Å². The summed E-state index contributed by atoms with van der Waals surface area (Å²) in [5.74, 6) is 0.555. The number of nitrogens with zero attached hydrogens (tertiary/aromatic N) is 1. The fourth-order valence-electron chi connectivity index (χ4n) is 2.30. The van der Waals surface area contributed by atoms with Crippen LogP contribution in [-0.4, -0.2) is 4.98 Å². The van der Waals surface area contributed by atoms with Gasteiger partial charge in [-0.05, 0) is 35.6 Å². The minimum atomic E-state index is 0.376.